The average Bonchev–Trinajstić information content (AvgIpc) is 2.17. The highest BCUT2D eigenvalue weighted by molar-refractivity contribution is 6.30. The summed E-state index contributed by atoms with van der Waals surface area (Å²) in [7, 11) is 0. The molecule has 0 saturated carbocycles. The van der Waals surface area contributed by atoms with E-state index in [1.807, 2.05) is 0 Å². The molecular formula is C9H10ClNO3. The summed E-state index contributed by atoms with van der Waals surface area (Å²) < 4.78 is 5.20. The van der Waals surface area contributed by atoms with Crippen molar-refractivity contribution < 1.29 is 14.7 Å². The van der Waals surface area contributed by atoms with E-state index >= 15 is 0 Å². The number of carbonyl (C=O) groups excluding carboxylic acids is 1. The van der Waals surface area contributed by atoms with Gasteiger partial charge < -0.3 is 4.74 Å². The van der Waals surface area contributed by atoms with Gasteiger partial charge in [-0.3, -0.25) is 10.0 Å². The van der Waals surface area contributed by atoms with Crippen molar-refractivity contribution in [2.45, 2.75) is 6.42 Å². The van der Waals surface area contributed by atoms with Crippen LogP contribution in [0.1, 0.15) is 6.42 Å². The molecular weight excluding hydrogens is 206 g/mol. The molecule has 0 bridgehead atoms. The smallest absolute Gasteiger partial charge is 0.246 e. The fraction of sp³-hybridized carbons (Fsp3) is 0.222. The molecule has 0 radical (unpaired) electrons. The van der Waals surface area contributed by atoms with Crippen LogP contribution < -0.4 is 10.2 Å². The third-order valence-electron chi connectivity index (χ3n) is 1.52. The van der Waals surface area contributed by atoms with Gasteiger partial charge in [-0.1, -0.05) is 17.7 Å². The first-order valence-corrected chi connectivity index (χ1v) is 4.41. The molecule has 0 unspecified atom stereocenters. The minimum atomic E-state index is -0.480. The second-order valence-corrected chi connectivity index (χ2v) is 3.03. The Morgan fingerprint density at radius 3 is 3.00 bits per heavy atom. The van der Waals surface area contributed by atoms with Gasteiger partial charge in [0.05, 0.1) is 13.0 Å². The second kappa shape index (κ2) is 5.47. The van der Waals surface area contributed by atoms with Crippen molar-refractivity contribution in [1.29, 1.82) is 0 Å². The summed E-state index contributed by atoms with van der Waals surface area (Å²) >= 11 is 5.71. The maximum absolute atomic E-state index is 10.6. The van der Waals surface area contributed by atoms with Gasteiger partial charge in [-0.05, 0) is 18.2 Å². The van der Waals surface area contributed by atoms with E-state index in [-0.39, 0.29) is 13.0 Å². The van der Waals surface area contributed by atoms with Gasteiger partial charge >= 0.3 is 0 Å². The third-order valence-corrected chi connectivity index (χ3v) is 1.75. The van der Waals surface area contributed by atoms with Crippen LogP contribution in [0.4, 0.5) is 0 Å². The largest absolute Gasteiger partial charge is 0.493 e. The van der Waals surface area contributed by atoms with E-state index in [4.69, 9.17) is 21.5 Å². The van der Waals surface area contributed by atoms with Crippen molar-refractivity contribution in [3.63, 3.8) is 0 Å². The number of amides is 1. The molecule has 1 aromatic rings. The Kier molecular flexibility index (Phi) is 4.22. The van der Waals surface area contributed by atoms with Crippen LogP contribution in [0, 0.1) is 0 Å². The average molecular weight is 216 g/mol. The molecule has 0 saturated heterocycles. The molecule has 0 fully saturated rings. The molecule has 0 aliphatic rings. The zero-order valence-corrected chi connectivity index (χ0v) is 8.12. The summed E-state index contributed by atoms with van der Waals surface area (Å²) in [5.41, 5.74) is 1.52. The molecule has 0 spiro atoms. The Balaban J connectivity index is 2.35. The summed E-state index contributed by atoms with van der Waals surface area (Å²) in [4.78, 5) is 10.6. The Morgan fingerprint density at radius 1 is 1.57 bits per heavy atom. The van der Waals surface area contributed by atoms with E-state index in [2.05, 4.69) is 0 Å². The lowest BCUT2D eigenvalue weighted by atomic mass is 10.3. The van der Waals surface area contributed by atoms with Gasteiger partial charge in [0.15, 0.2) is 0 Å². The van der Waals surface area contributed by atoms with Crippen LogP contribution in [0.2, 0.25) is 5.02 Å². The molecule has 4 nitrogen and oxygen atoms in total. The number of hydroxylamine groups is 1. The zero-order valence-electron chi connectivity index (χ0n) is 7.37. The molecule has 0 aromatic heterocycles. The maximum Gasteiger partial charge on any atom is 0.246 e. The van der Waals surface area contributed by atoms with E-state index in [0.29, 0.717) is 10.8 Å². The van der Waals surface area contributed by atoms with E-state index in [9.17, 15) is 4.79 Å². The normalized spacial score (nSPS) is 9.57. The molecule has 0 aliphatic carbocycles. The van der Waals surface area contributed by atoms with Gasteiger partial charge in [-0.15, -0.1) is 0 Å². The number of ether oxygens (including phenoxy) is 1. The number of nitrogens with one attached hydrogen (secondary N) is 1. The van der Waals surface area contributed by atoms with E-state index in [1.165, 1.54) is 5.48 Å². The van der Waals surface area contributed by atoms with Gasteiger partial charge in [0.1, 0.15) is 5.75 Å². The lowest BCUT2D eigenvalue weighted by Gasteiger charge is -2.04. The Morgan fingerprint density at radius 2 is 2.36 bits per heavy atom. The predicted molar refractivity (Wildman–Crippen MR) is 51.5 cm³/mol. The number of rotatable bonds is 4. The van der Waals surface area contributed by atoms with E-state index in [0.717, 1.165) is 0 Å². The quantitative estimate of drug-likeness (QED) is 0.593. The van der Waals surface area contributed by atoms with Crippen molar-refractivity contribution in [1.82, 2.24) is 5.48 Å². The number of halogens is 1. The molecule has 0 aliphatic heterocycles. The van der Waals surface area contributed by atoms with Crippen LogP contribution in [-0.4, -0.2) is 17.7 Å². The Labute approximate surface area is 86.4 Å². The van der Waals surface area contributed by atoms with Crippen LogP contribution in [0.3, 0.4) is 0 Å². The minimum absolute atomic E-state index is 0.100. The summed E-state index contributed by atoms with van der Waals surface area (Å²) in [5, 5.41) is 8.78. The summed E-state index contributed by atoms with van der Waals surface area (Å²) in [6, 6.07) is 6.87. The first-order chi connectivity index (χ1) is 6.72. The number of hydrogen-bond acceptors (Lipinski definition) is 3. The standard InChI is InChI=1S/C9H10ClNO3/c10-7-2-1-3-8(6-7)14-5-4-9(12)11-13/h1-3,6,13H,4-5H2,(H,11,12). The maximum atomic E-state index is 10.6. The van der Waals surface area contributed by atoms with Crippen molar-refractivity contribution in [3.05, 3.63) is 29.3 Å². The highest BCUT2D eigenvalue weighted by Gasteiger charge is 1.99. The van der Waals surface area contributed by atoms with Gasteiger partial charge in [0.25, 0.3) is 0 Å². The first-order valence-electron chi connectivity index (χ1n) is 4.03. The summed E-state index contributed by atoms with van der Waals surface area (Å²) in [5.74, 6) is 0.121. The van der Waals surface area contributed by atoms with E-state index < -0.39 is 5.91 Å². The van der Waals surface area contributed by atoms with Gasteiger partial charge in [0.2, 0.25) is 5.91 Å². The van der Waals surface area contributed by atoms with Gasteiger partial charge in [-0.25, -0.2) is 5.48 Å². The molecule has 1 rings (SSSR count). The SMILES string of the molecule is O=C(CCOc1cccc(Cl)c1)NO. The second-order valence-electron chi connectivity index (χ2n) is 2.59. The highest BCUT2D eigenvalue weighted by Crippen LogP contribution is 2.16. The molecule has 1 amide bonds. The Bertz CT molecular complexity index is 317. The zero-order chi connectivity index (χ0) is 10.4. The molecule has 14 heavy (non-hydrogen) atoms. The Hall–Kier alpha value is -1.26. The molecule has 1 aromatic carbocycles. The number of hydrogen-bond donors (Lipinski definition) is 2. The summed E-state index contributed by atoms with van der Waals surface area (Å²) in [6.45, 7) is 0.201. The monoisotopic (exact) mass is 215 g/mol. The fourth-order valence-electron chi connectivity index (χ4n) is 0.874. The molecule has 0 atom stereocenters. The lowest BCUT2D eigenvalue weighted by Crippen LogP contribution is -2.20. The molecule has 2 N–H and O–H groups in total. The number of carbonyl (C=O) groups is 1. The van der Waals surface area contributed by atoms with Crippen LogP contribution in [0.5, 0.6) is 5.75 Å². The minimum Gasteiger partial charge on any atom is -0.493 e. The lowest BCUT2D eigenvalue weighted by molar-refractivity contribution is -0.129. The van der Waals surface area contributed by atoms with Gasteiger partial charge in [0, 0.05) is 5.02 Å². The fourth-order valence-corrected chi connectivity index (χ4v) is 1.05. The highest BCUT2D eigenvalue weighted by atomic mass is 35.5. The molecule has 76 valence electrons. The number of benzene rings is 1. The van der Waals surface area contributed by atoms with Crippen molar-refractivity contribution in [2.75, 3.05) is 6.61 Å². The molecule has 5 heteroatoms. The van der Waals surface area contributed by atoms with Crippen LogP contribution in [0.15, 0.2) is 24.3 Å². The first kappa shape index (κ1) is 10.8. The van der Waals surface area contributed by atoms with Crippen LogP contribution in [-0.2, 0) is 4.79 Å². The van der Waals surface area contributed by atoms with Crippen LogP contribution in [0.25, 0.3) is 0 Å². The van der Waals surface area contributed by atoms with Gasteiger partial charge in [-0.2, -0.15) is 0 Å². The summed E-state index contributed by atoms with van der Waals surface area (Å²) in [6.07, 6.45) is 0.100. The third kappa shape index (κ3) is 3.64. The van der Waals surface area contributed by atoms with Crippen molar-refractivity contribution in [2.24, 2.45) is 0 Å². The topological polar surface area (TPSA) is 58.6 Å². The predicted octanol–water partition coefficient (Wildman–Crippen LogP) is 1.61. The molecule has 0 heterocycles. The van der Waals surface area contributed by atoms with Crippen molar-refractivity contribution >= 4 is 17.5 Å². The van der Waals surface area contributed by atoms with E-state index in [1.54, 1.807) is 24.3 Å². The van der Waals surface area contributed by atoms with Crippen LogP contribution >= 0.6 is 11.6 Å². The van der Waals surface area contributed by atoms with Crippen molar-refractivity contribution in [3.8, 4) is 5.75 Å².